The average Bonchev–Trinajstić information content (AvgIpc) is 2.85. The number of rotatable bonds is 7. The lowest BCUT2D eigenvalue weighted by atomic mass is 9.95. The van der Waals surface area contributed by atoms with Crippen molar-refractivity contribution in [2.45, 2.75) is 52.6 Å². The number of nitrogens with zero attached hydrogens (tertiary/aromatic N) is 2. The van der Waals surface area contributed by atoms with Crippen molar-refractivity contribution < 1.29 is 9.90 Å². The minimum absolute atomic E-state index is 0.0444. The van der Waals surface area contributed by atoms with Crippen LogP contribution in [0.3, 0.4) is 0 Å². The number of nitrogens with one attached hydrogen (secondary N) is 2. The van der Waals surface area contributed by atoms with Crippen LogP contribution in [0.25, 0.3) is 0 Å². The van der Waals surface area contributed by atoms with E-state index in [1.54, 1.807) is 0 Å². The van der Waals surface area contributed by atoms with Crippen LogP contribution in [0.1, 0.15) is 43.6 Å². The monoisotopic (exact) mass is 344 g/mol. The van der Waals surface area contributed by atoms with E-state index in [4.69, 9.17) is 5.11 Å². The van der Waals surface area contributed by atoms with Gasteiger partial charge in [-0.15, -0.1) is 0 Å². The van der Waals surface area contributed by atoms with E-state index in [1.807, 2.05) is 62.7 Å². The van der Waals surface area contributed by atoms with Crippen molar-refractivity contribution >= 4 is 11.7 Å². The Kier molecular flexibility index (Phi) is 6.20. The van der Waals surface area contributed by atoms with Crippen molar-refractivity contribution in [3.05, 3.63) is 47.3 Å². The maximum Gasteiger partial charge on any atom is 0.319 e. The normalized spacial score (nSPS) is 13.3. The number of aromatic nitrogens is 2. The SMILES string of the molecule is CCC(C)(CCO)NC(=O)Nc1cccc(Cn2nc(C)cc2C)c1. The molecule has 136 valence electrons. The first kappa shape index (κ1) is 19.0. The summed E-state index contributed by atoms with van der Waals surface area (Å²) < 4.78 is 1.95. The molecule has 0 fully saturated rings. The highest BCUT2D eigenvalue weighted by Crippen LogP contribution is 2.16. The second kappa shape index (κ2) is 8.16. The quantitative estimate of drug-likeness (QED) is 0.721. The number of aliphatic hydroxyl groups excluding tert-OH is 1. The van der Waals surface area contributed by atoms with E-state index in [0.29, 0.717) is 13.0 Å². The highest BCUT2D eigenvalue weighted by molar-refractivity contribution is 5.89. The van der Waals surface area contributed by atoms with Crippen LogP contribution in [-0.4, -0.2) is 33.1 Å². The topological polar surface area (TPSA) is 79.2 Å². The van der Waals surface area contributed by atoms with Crippen LogP contribution in [0.4, 0.5) is 10.5 Å². The first-order chi connectivity index (χ1) is 11.8. The molecule has 1 atom stereocenters. The van der Waals surface area contributed by atoms with Gasteiger partial charge in [0.1, 0.15) is 0 Å². The number of aliphatic hydroxyl groups is 1. The van der Waals surface area contributed by atoms with Crippen LogP contribution in [0.2, 0.25) is 0 Å². The molecule has 0 aliphatic heterocycles. The van der Waals surface area contributed by atoms with E-state index in [-0.39, 0.29) is 12.6 Å². The Morgan fingerprint density at radius 3 is 2.68 bits per heavy atom. The Balaban J connectivity index is 2.03. The summed E-state index contributed by atoms with van der Waals surface area (Å²) in [5.41, 5.74) is 3.49. The number of benzene rings is 1. The van der Waals surface area contributed by atoms with E-state index in [0.717, 1.165) is 29.1 Å². The number of anilines is 1. The van der Waals surface area contributed by atoms with Crippen LogP contribution < -0.4 is 10.6 Å². The molecule has 2 amide bonds. The molecule has 25 heavy (non-hydrogen) atoms. The second-order valence-electron chi connectivity index (χ2n) is 6.75. The lowest BCUT2D eigenvalue weighted by Crippen LogP contribution is -2.48. The van der Waals surface area contributed by atoms with Crippen molar-refractivity contribution in [1.82, 2.24) is 15.1 Å². The summed E-state index contributed by atoms with van der Waals surface area (Å²) in [6.07, 6.45) is 1.27. The molecule has 0 aliphatic carbocycles. The van der Waals surface area contributed by atoms with Gasteiger partial charge in [-0.25, -0.2) is 4.79 Å². The third-order valence-corrected chi connectivity index (χ3v) is 4.48. The number of carbonyl (C=O) groups excluding carboxylic acids is 1. The molecule has 6 heteroatoms. The first-order valence-electron chi connectivity index (χ1n) is 8.65. The molecule has 0 aliphatic rings. The summed E-state index contributed by atoms with van der Waals surface area (Å²) in [4.78, 5) is 12.3. The van der Waals surface area contributed by atoms with Gasteiger partial charge in [0.15, 0.2) is 0 Å². The maximum absolute atomic E-state index is 12.3. The molecule has 0 saturated carbocycles. The Bertz CT molecular complexity index is 726. The van der Waals surface area contributed by atoms with Gasteiger partial charge in [0.2, 0.25) is 0 Å². The fourth-order valence-corrected chi connectivity index (χ4v) is 2.77. The smallest absolute Gasteiger partial charge is 0.319 e. The fraction of sp³-hybridized carbons (Fsp3) is 0.474. The lowest BCUT2D eigenvalue weighted by Gasteiger charge is -2.29. The van der Waals surface area contributed by atoms with E-state index in [2.05, 4.69) is 15.7 Å². The predicted octanol–water partition coefficient (Wildman–Crippen LogP) is 3.22. The van der Waals surface area contributed by atoms with Crippen molar-refractivity contribution in [3.8, 4) is 0 Å². The minimum Gasteiger partial charge on any atom is -0.396 e. The van der Waals surface area contributed by atoms with Gasteiger partial charge in [0, 0.05) is 23.5 Å². The number of aryl methyl sites for hydroxylation is 2. The summed E-state index contributed by atoms with van der Waals surface area (Å²) in [6.45, 7) is 8.63. The molecule has 6 nitrogen and oxygen atoms in total. The Morgan fingerprint density at radius 2 is 2.08 bits per heavy atom. The minimum atomic E-state index is -0.417. The highest BCUT2D eigenvalue weighted by Gasteiger charge is 2.23. The van der Waals surface area contributed by atoms with Crippen LogP contribution in [0.5, 0.6) is 0 Å². The van der Waals surface area contributed by atoms with Gasteiger partial charge >= 0.3 is 6.03 Å². The molecule has 1 aromatic carbocycles. The second-order valence-corrected chi connectivity index (χ2v) is 6.75. The highest BCUT2D eigenvalue weighted by atomic mass is 16.3. The van der Waals surface area contributed by atoms with Gasteiger partial charge in [-0.2, -0.15) is 5.10 Å². The molecule has 1 aromatic heterocycles. The average molecular weight is 344 g/mol. The summed E-state index contributed by atoms with van der Waals surface area (Å²) in [6, 6.07) is 9.53. The van der Waals surface area contributed by atoms with E-state index < -0.39 is 5.54 Å². The van der Waals surface area contributed by atoms with E-state index in [9.17, 15) is 4.79 Å². The Morgan fingerprint density at radius 1 is 1.32 bits per heavy atom. The van der Waals surface area contributed by atoms with Crippen LogP contribution in [-0.2, 0) is 6.54 Å². The first-order valence-corrected chi connectivity index (χ1v) is 8.65. The van der Waals surface area contributed by atoms with Crippen LogP contribution in [0.15, 0.2) is 30.3 Å². The largest absolute Gasteiger partial charge is 0.396 e. The molecule has 1 heterocycles. The summed E-state index contributed by atoms with van der Waals surface area (Å²) in [5, 5.41) is 19.4. The number of hydrogen-bond acceptors (Lipinski definition) is 3. The number of amides is 2. The van der Waals surface area contributed by atoms with Crippen molar-refractivity contribution in [2.24, 2.45) is 0 Å². The molecule has 2 aromatic rings. The van der Waals surface area contributed by atoms with Gasteiger partial charge in [0.05, 0.1) is 12.2 Å². The molecule has 2 rings (SSSR count). The van der Waals surface area contributed by atoms with Gasteiger partial charge in [-0.3, -0.25) is 4.68 Å². The molecule has 3 N–H and O–H groups in total. The van der Waals surface area contributed by atoms with Gasteiger partial charge < -0.3 is 15.7 Å². The molecule has 0 spiro atoms. The van der Waals surface area contributed by atoms with E-state index >= 15 is 0 Å². The van der Waals surface area contributed by atoms with Gasteiger partial charge in [-0.05, 0) is 57.4 Å². The summed E-state index contributed by atoms with van der Waals surface area (Å²) >= 11 is 0. The lowest BCUT2D eigenvalue weighted by molar-refractivity contribution is 0.208. The van der Waals surface area contributed by atoms with Crippen molar-refractivity contribution in [3.63, 3.8) is 0 Å². The zero-order valence-corrected chi connectivity index (χ0v) is 15.5. The maximum atomic E-state index is 12.3. The zero-order chi connectivity index (χ0) is 18.4. The molecule has 0 radical (unpaired) electrons. The molecular weight excluding hydrogens is 316 g/mol. The third-order valence-electron chi connectivity index (χ3n) is 4.48. The zero-order valence-electron chi connectivity index (χ0n) is 15.5. The molecular formula is C19H28N4O2. The number of urea groups is 1. The number of carbonyl (C=O) groups is 1. The summed E-state index contributed by atoms with van der Waals surface area (Å²) in [5.74, 6) is 0. The van der Waals surface area contributed by atoms with Crippen molar-refractivity contribution in [1.29, 1.82) is 0 Å². The molecule has 0 saturated heterocycles. The number of hydrogen-bond donors (Lipinski definition) is 3. The predicted molar refractivity (Wildman–Crippen MR) is 99.8 cm³/mol. The Labute approximate surface area is 149 Å². The Hall–Kier alpha value is -2.34. The standard InChI is InChI=1S/C19H28N4O2/c1-5-19(4,9-10-24)21-18(25)20-17-8-6-7-16(12-17)13-23-15(3)11-14(2)22-23/h6-8,11-12,24H,5,9-10,13H2,1-4H3,(H2,20,21,25). The van der Waals surface area contributed by atoms with Crippen LogP contribution in [0, 0.1) is 13.8 Å². The van der Waals surface area contributed by atoms with Gasteiger partial charge in [-0.1, -0.05) is 19.1 Å². The summed E-state index contributed by atoms with van der Waals surface area (Å²) in [7, 11) is 0. The molecule has 0 bridgehead atoms. The van der Waals surface area contributed by atoms with E-state index in [1.165, 1.54) is 0 Å². The molecule has 1 unspecified atom stereocenters. The van der Waals surface area contributed by atoms with Crippen molar-refractivity contribution in [2.75, 3.05) is 11.9 Å². The third kappa shape index (κ3) is 5.32. The van der Waals surface area contributed by atoms with Gasteiger partial charge in [0.25, 0.3) is 0 Å². The van der Waals surface area contributed by atoms with Crippen LogP contribution >= 0.6 is 0 Å². The fourth-order valence-electron chi connectivity index (χ4n) is 2.77.